The molecule has 1 aliphatic rings. The van der Waals surface area contributed by atoms with Crippen molar-refractivity contribution < 1.29 is 9.77 Å². The minimum absolute atomic E-state index is 0.568. The standard InChI is InChI=1S/C9H16N2O3/c1-2-9(10-11(12)13)4-3-8-5-6-14-7-8/h8H,2-7H2,1H3. The number of nitro groups is 1. The maximum Gasteiger partial charge on any atom is 0.190 e. The van der Waals surface area contributed by atoms with Crippen LogP contribution in [-0.2, 0) is 4.74 Å². The third-order valence-electron chi connectivity index (χ3n) is 2.50. The molecule has 5 nitrogen and oxygen atoms in total. The van der Waals surface area contributed by atoms with Crippen LogP contribution >= 0.6 is 0 Å². The van der Waals surface area contributed by atoms with Gasteiger partial charge in [0, 0.05) is 13.2 Å². The van der Waals surface area contributed by atoms with Crippen molar-refractivity contribution in [3.05, 3.63) is 10.1 Å². The molecule has 0 aromatic carbocycles. The van der Waals surface area contributed by atoms with Gasteiger partial charge >= 0.3 is 0 Å². The third kappa shape index (κ3) is 3.83. The van der Waals surface area contributed by atoms with Crippen LogP contribution in [0.2, 0.25) is 0 Å². The zero-order valence-corrected chi connectivity index (χ0v) is 8.44. The summed E-state index contributed by atoms with van der Waals surface area (Å²) < 4.78 is 5.23. The molecule has 1 fully saturated rings. The second kappa shape index (κ2) is 5.70. The Hall–Kier alpha value is -0.970. The fourth-order valence-electron chi connectivity index (χ4n) is 1.59. The molecule has 0 radical (unpaired) electrons. The van der Waals surface area contributed by atoms with Crippen LogP contribution in [0.5, 0.6) is 0 Å². The first kappa shape index (κ1) is 11.1. The topological polar surface area (TPSA) is 64.7 Å². The zero-order chi connectivity index (χ0) is 10.4. The average molecular weight is 200 g/mol. The van der Waals surface area contributed by atoms with Crippen LogP contribution in [0.3, 0.4) is 0 Å². The van der Waals surface area contributed by atoms with E-state index in [9.17, 15) is 10.1 Å². The molecule has 0 bridgehead atoms. The SMILES string of the molecule is CCC(CCC1CCOC1)=N[N+](=O)[O-]. The van der Waals surface area contributed by atoms with Crippen molar-refractivity contribution in [3.63, 3.8) is 0 Å². The van der Waals surface area contributed by atoms with Gasteiger partial charge in [-0.05, 0) is 31.6 Å². The van der Waals surface area contributed by atoms with E-state index in [4.69, 9.17) is 4.74 Å². The second-order valence-corrected chi connectivity index (χ2v) is 3.53. The highest BCUT2D eigenvalue weighted by Crippen LogP contribution is 2.18. The molecule has 14 heavy (non-hydrogen) atoms. The van der Waals surface area contributed by atoms with Crippen molar-refractivity contribution in [1.29, 1.82) is 0 Å². The molecule has 1 rings (SSSR count). The summed E-state index contributed by atoms with van der Waals surface area (Å²) in [6, 6.07) is 0. The molecule has 1 saturated heterocycles. The molecular formula is C9H16N2O3. The van der Waals surface area contributed by atoms with Crippen LogP contribution in [0.4, 0.5) is 0 Å². The summed E-state index contributed by atoms with van der Waals surface area (Å²) in [6.45, 7) is 3.53. The highest BCUT2D eigenvalue weighted by molar-refractivity contribution is 5.83. The molecule has 5 heteroatoms. The number of nitrogens with zero attached hydrogens (tertiary/aromatic N) is 2. The summed E-state index contributed by atoms with van der Waals surface area (Å²) in [5, 5.41) is 12.9. The van der Waals surface area contributed by atoms with Crippen LogP contribution in [0, 0.1) is 16.0 Å². The van der Waals surface area contributed by atoms with Gasteiger partial charge in [0.2, 0.25) is 0 Å². The number of hydrazone groups is 1. The van der Waals surface area contributed by atoms with Crippen LogP contribution in [0.15, 0.2) is 5.10 Å². The van der Waals surface area contributed by atoms with Crippen LogP contribution in [0.1, 0.15) is 32.6 Å². The van der Waals surface area contributed by atoms with E-state index in [0.717, 1.165) is 32.5 Å². The first-order chi connectivity index (χ1) is 6.72. The predicted octanol–water partition coefficient (Wildman–Crippen LogP) is 1.85. The Labute approximate surface area is 83.3 Å². The van der Waals surface area contributed by atoms with E-state index < -0.39 is 5.03 Å². The molecule has 0 saturated carbocycles. The Morgan fingerprint density at radius 2 is 2.50 bits per heavy atom. The van der Waals surface area contributed by atoms with E-state index in [2.05, 4.69) is 5.10 Å². The van der Waals surface area contributed by atoms with Gasteiger partial charge in [0.15, 0.2) is 5.03 Å². The first-order valence-electron chi connectivity index (χ1n) is 5.01. The number of hydrogen-bond acceptors (Lipinski definition) is 3. The first-order valence-corrected chi connectivity index (χ1v) is 5.01. The lowest BCUT2D eigenvalue weighted by atomic mass is 10.00. The molecule has 80 valence electrons. The van der Waals surface area contributed by atoms with E-state index in [-0.39, 0.29) is 0 Å². The molecule has 1 heterocycles. The second-order valence-electron chi connectivity index (χ2n) is 3.53. The van der Waals surface area contributed by atoms with Crippen LogP contribution < -0.4 is 0 Å². The lowest BCUT2D eigenvalue weighted by molar-refractivity contribution is -0.485. The molecule has 0 amide bonds. The van der Waals surface area contributed by atoms with E-state index in [1.165, 1.54) is 0 Å². The van der Waals surface area contributed by atoms with Crippen molar-refractivity contribution in [2.45, 2.75) is 32.6 Å². The van der Waals surface area contributed by atoms with E-state index >= 15 is 0 Å². The molecule has 0 spiro atoms. The minimum Gasteiger partial charge on any atom is -0.381 e. The largest absolute Gasteiger partial charge is 0.381 e. The van der Waals surface area contributed by atoms with Crippen molar-refractivity contribution in [3.8, 4) is 0 Å². The molecule has 0 aliphatic carbocycles. The van der Waals surface area contributed by atoms with Crippen molar-refractivity contribution in [1.82, 2.24) is 0 Å². The summed E-state index contributed by atoms with van der Waals surface area (Å²) in [6.07, 6.45) is 3.43. The van der Waals surface area contributed by atoms with Crippen LogP contribution in [0.25, 0.3) is 0 Å². The van der Waals surface area contributed by atoms with Crippen LogP contribution in [-0.4, -0.2) is 24.0 Å². The lowest BCUT2D eigenvalue weighted by Gasteiger charge is -2.05. The van der Waals surface area contributed by atoms with Gasteiger partial charge in [0.05, 0.1) is 10.8 Å². The number of hydrogen-bond donors (Lipinski definition) is 0. The van der Waals surface area contributed by atoms with Crippen molar-refractivity contribution in [2.24, 2.45) is 11.0 Å². The minimum atomic E-state index is -0.607. The number of ether oxygens (including phenoxy) is 1. The van der Waals surface area contributed by atoms with Gasteiger partial charge < -0.3 is 4.74 Å². The van der Waals surface area contributed by atoms with Gasteiger partial charge in [0.1, 0.15) is 0 Å². The van der Waals surface area contributed by atoms with Gasteiger partial charge in [-0.25, -0.2) is 10.1 Å². The predicted molar refractivity (Wildman–Crippen MR) is 52.9 cm³/mol. The monoisotopic (exact) mass is 200 g/mol. The third-order valence-corrected chi connectivity index (χ3v) is 2.50. The van der Waals surface area contributed by atoms with Crippen molar-refractivity contribution in [2.75, 3.05) is 13.2 Å². The van der Waals surface area contributed by atoms with Gasteiger partial charge in [-0.1, -0.05) is 6.92 Å². The number of rotatable bonds is 5. The molecular weight excluding hydrogens is 184 g/mol. The van der Waals surface area contributed by atoms with Crippen molar-refractivity contribution >= 4 is 5.71 Å². The Kier molecular flexibility index (Phi) is 4.52. The zero-order valence-electron chi connectivity index (χ0n) is 8.44. The summed E-state index contributed by atoms with van der Waals surface area (Å²) in [7, 11) is 0. The summed E-state index contributed by atoms with van der Waals surface area (Å²) >= 11 is 0. The fourth-order valence-corrected chi connectivity index (χ4v) is 1.59. The molecule has 0 aromatic heterocycles. The normalized spacial score (nSPS) is 22.6. The highest BCUT2D eigenvalue weighted by Gasteiger charge is 2.16. The molecule has 0 N–H and O–H groups in total. The Morgan fingerprint density at radius 1 is 1.71 bits per heavy atom. The average Bonchev–Trinajstić information content (AvgIpc) is 2.64. The van der Waals surface area contributed by atoms with E-state index in [1.807, 2.05) is 6.92 Å². The van der Waals surface area contributed by atoms with E-state index in [0.29, 0.717) is 18.1 Å². The maximum absolute atomic E-state index is 10.2. The van der Waals surface area contributed by atoms with Gasteiger partial charge in [-0.2, -0.15) is 0 Å². The van der Waals surface area contributed by atoms with Gasteiger partial charge in [-0.3, -0.25) is 0 Å². The Balaban J connectivity index is 2.29. The summed E-state index contributed by atoms with van der Waals surface area (Å²) in [5.74, 6) is 0.568. The fraction of sp³-hybridized carbons (Fsp3) is 0.889. The quantitative estimate of drug-likeness (QED) is 0.386. The highest BCUT2D eigenvalue weighted by atomic mass is 16.7. The van der Waals surface area contributed by atoms with Gasteiger partial charge in [0.25, 0.3) is 0 Å². The summed E-state index contributed by atoms with van der Waals surface area (Å²) in [5.41, 5.74) is 0.682. The molecule has 0 aromatic rings. The van der Waals surface area contributed by atoms with E-state index in [1.54, 1.807) is 0 Å². The Morgan fingerprint density at radius 3 is 3.00 bits per heavy atom. The Bertz CT molecular complexity index is 222. The van der Waals surface area contributed by atoms with Gasteiger partial charge in [-0.15, -0.1) is 0 Å². The smallest absolute Gasteiger partial charge is 0.190 e. The molecule has 1 atom stereocenters. The molecule has 1 unspecified atom stereocenters. The lowest BCUT2D eigenvalue weighted by Crippen LogP contribution is -2.06. The maximum atomic E-state index is 10.2. The molecule has 1 aliphatic heterocycles. The summed E-state index contributed by atoms with van der Waals surface area (Å²) in [4.78, 5) is 10.2.